The number of amides is 2. The zero-order valence-corrected chi connectivity index (χ0v) is 11.8. The summed E-state index contributed by atoms with van der Waals surface area (Å²) in [5.41, 5.74) is -0.00304. The Morgan fingerprint density at radius 1 is 1.26 bits per heavy atom. The Morgan fingerprint density at radius 3 is 2.58 bits per heavy atom. The second kappa shape index (κ2) is 6.14. The summed E-state index contributed by atoms with van der Waals surface area (Å²) in [5, 5.41) is 5.29. The topological polar surface area (TPSA) is 58.2 Å². The summed E-state index contributed by atoms with van der Waals surface area (Å²) in [6.45, 7) is 0.645. The minimum Gasteiger partial charge on any atom is -0.354 e. The van der Waals surface area contributed by atoms with Crippen molar-refractivity contribution in [3.05, 3.63) is 34.1 Å². The van der Waals surface area contributed by atoms with Crippen LogP contribution in [0.15, 0.2) is 22.7 Å². The zero-order valence-electron chi connectivity index (χ0n) is 10.2. The highest BCUT2D eigenvalue weighted by Gasteiger charge is 2.29. The fourth-order valence-electron chi connectivity index (χ4n) is 1.62. The van der Waals surface area contributed by atoms with Crippen LogP contribution in [0.5, 0.6) is 0 Å². The van der Waals surface area contributed by atoms with Crippen molar-refractivity contribution in [3.63, 3.8) is 0 Å². The predicted octanol–water partition coefficient (Wildman–Crippen LogP) is 1.84. The number of hydrogen-bond donors (Lipinski definition) is 2. The van der Waals surface area contributed by atoms with Crippen molar-refractivity contribution >= 4 is 27.7 Å². The van der Waals surface area contributed by atoms with E-state index in [4.69, 9.17) is 0 Å². The summed E-state index contributed by atoms with van der Waals surface area (Å²) in [4.78, 5) is 23.0. The highest BCUT2D eigenvalue weighted by Crippen LogP contribution is 2.28. The molecule has 1 aliphatic rings. The van der Waals surface area contributed by atoms with E-state index >= 15 is 0 Å². The Bertz CT molecular complexity index is 503. The minimum absolute atomic E-state index is 0.00304. The highest BCUT2D eigenvalue weighted by molar-refractivity contribution is 9.10. The van der Waals surface area contributed by atoms with Crippen LogP contribution in [0.4, 0.5) is 4.39 Å². The lowest BCUT2D eigenvalue weighted by Crippen LogP contribution is -2.35. The molecule has 1 fully saturated rings. The molecule has 1 aromatic carbocycles. The van der Waals surface area contributed by atoms with Crippen LogP contribution in [0.25, 0.3) is 0 Å². The van der Waals surface area contributed by atoms with Gasteiger partial charge in [0.1, 0.15) is 5.82 Å². The maximum absolute atomic E-state index is 13.5. The highest BCUT2D eigenvalue weighted by atomic mass is 79.9. The van der Waals surface area contributed by atoms with Gasteiger partial charge in [0, 0.05) is 23.5 Å². The van der Waals surface area contributed by atoms with Crippen LogP contribution in [0.1, 0.15) is 23.2 Å². The van der Waals surface area contributed by atoms with E-state index in [2.05, 4.69) is 26.6 Å². The van der Waals surface area contributed by atoms with Crippen LogP contribution < -0.4 is 10.6 Å². The molecule has 0 radical (unpaired) electrons. The number of rotatable bonds is 5. The molecule has 0 aromatic heterocycles. The van der Waals surface area contributed by atoms with Gasteiger partial charge in [0.25, 0.3) is 5.91 Å². The van der Waals surface area contributed by atoms with Gasteiger partial charge in [-0.15, -0.1) is 0 Å². The molecule has 2 amide bonds. The molecule has 0 saturated heterocycles. The largest absolute Gasteiger partial charge is 0.354 e. The lowest BCUT2D eigenvalue weighted by Gasteiger charge is -2.07. The first-order chi connectivity index (χ1) is 9.08. The van der Waals surface area contributed by atoms with Crippen molar-refractivity contribution in [3.8, 4) is 0 Å². The van der Waals surface area contributed by atoms with Gasteiger partial charge < -0.3 is 10.6 Å². The second-order valence-electron chi connectivity index (χ2n) is 4.45. The summed E-state index contributed by atoms with van der Waals surface area (Å²) < 4.78 is 14.1. The smallest absolute Gasteiger partial charge is 0.254 e. The van der Waals surface area contributed by atoms with Gasteiger partial charge in [-0.1, -0.05) is 15.9 Å². The molecule has 0 unspecified atom stereocenters. The van der Waals surface area contributed by atoms with Crippen LogP contribution in [0, 0.1) is 11.7 Å². The van der Waals surface area contributed by atoms with Crippen LogP contribution in [-0.2, 0) is 4.79 Å². The van der Waals surface area contributed by atoms with Gasteiger partial charge >= 0.3 is 0 Å². The van der Waals surface area contributed by atoms with E-state index in [1.54, 1.807) is 6.07 Å². The summed E-state index contributed by atoms with van der Waals surface area (Å²) in [7, 11) is 0. The number of halogens is 2. The van der Waals surface area contributed by atoms with Gasteiger partial charge in [-0.2, -0.15) is 0 Å². The van der Waals surface area contributed by atoms with Crippen molar-refractivity contribution in [2.24, 2.45) is 5.92 Å². The molecular weight excluding hydrogens is 315 g/mol. The quantitative estimate of drug-likeness (QED) is 0.810. The second-order valence-corrected chi connectivity index (χ2v) is 5.36. The average molecular weight is 329 g/mol. The molecular formula is C13H14BrFN2O2. The van der Waals surface area contributed by atoms with E-state index < -0.39 is 11.7 Å². The fraction of sp³-hybridized carbons (Fsp3) is 0.385. The Morgan fingerprint density at radius 2 is 1.95 bits per heavy atom. The zero-order chi connectivity index (χ0) is 13.8. The van der Waals surface area contributed by atoms with Crippen LogP contribution in [0.3, 0.4) is 0 Å². The first kappa shape index (κ1) is 14.0. The Balaban J connectivity index is 1.75. The van der Waals surface area contributed by atoms with Crippen molar-refractivity contribution in [2.45, 2.75) is 12.8 Å². The Kier molecular flexibility index (Phi) is 4.52. The summed E-state index contributed by atoms with van der Waals surface area (Å²) in [6.07, 6.45) is 1.89. The first-order valence-corrected chi connectivity index (χ1v) is 6.88. The molecule has 0 atom stereocenters. The maximum Gasteiger partial charge on any atom is 0.254 e. The molecule has 1 aliphatic carbocycles. The number of nitrogens with one attached hydrogen (secondary N) is 2. The van der Waals surface area contributed by atoms with E-state index in [9.17, 15) is 14.0 Å². The minimum atomic E-state index is -0.575. The third-order valence-electron chi connectivity index (χ3n) is 2.83. The molecule has 1 aromatic rings. The molecule has 2 rings (SSSR count). The van der Waals surface area contributed by atoms with E-state index in [0.717, 1.165) is 12.8 Å². The molecule has 4 nitrogen and oxygen atoms in total. The van der Waals surface area contributed by atoms with Crippen LogP contribution in [0.2, 0.25) is 0 Å². The number of carbonyl (C=O) groups is 2. The molecule has 0 bridgehead atoms. The van der Waals surface area contributed by atoms with Crippen molar-refractivity contribution in [2.75, 3.05) is 13.1 Å². The maximum atomic E-state index is 13.5. The van der Waals surface area contributed by atoms with Gasteiger partial charge in [-0.3, -0.25) is 9.59 Å². The number of benzene rings is 1. The summed E-state index contributed by atoms with van der Waals surface area (Å²) in [5.74, 6) is -0.872. The van der Waals surface area contributed by atoms with Gasteiger partial charge in [0.05, 0.1) is 5.56 Å². The molecule has 0 heterocycles. The third kappa shape index (κ3) is 4.02. The molecule has 6 heteroatoms. The standard InChI is InChI=1S/C13H14BrFN2O2/c14-9-3-4-10(11(15)7-9)13(19)17-6-5-16-12(18)8-1-2-8/h3-4,7-8H,1-2,5-6H2,(H,16,18)(H,17,19). The van der Waals surface area contributed by atoms with Crippen molar-refractivity contribution in [1.29, 1.82) is 0 Å². The van der Waals surface area contributed by atoms with Gasteiger partial charge in [0.15, 0.2) is 0 Å². The number of carbonyl (C=O) groups excluding carboxylic acids is 2. The molecule has 19 heavy (non-hydrogen) atoms. The number of hydrogen-bond acceptors (Lipinski definition) is 2. The van der Waals surface area contributed by atoms with E-state index in [1.807, 2.05) is 0 Å². The normalized spacial score (nSPS) is 14.0. The molecule has 0 aliphatic heterocycles. The lowest BCUT2D eigenvalue weighted by molar-refractivity contribution is -0.122. The third-order valence-corrected chi connectivity index (χ3v) is 3.33. The molecule has 2 N–H and O–H groups in total. The van der Waals surface area contributed by atoms with Crippen molar-refractivity contribution in [1.82, 2.24) is 10.6 Å². The predicted molar refractivity (Wildman–Crippen MR) is 72.2 cm³/mol. The first-order valence-electron chi connectivity index (χ1n) is 6.09. The average Bonchev–Trinajstić information content (AvgIpc) is 3.18. The van der Waals surface area contributed by atoms with E-state index in [1.165, 1.54) is 12.1 Å². The van der Waals surface area contributed by atoms with E-state index in [-0.39, 0.29) is 23.9 Å². The van der Waals surface area contributed by atoms with Gasteiger partial charge in [-0.25, -0.2) is 4.39 Å². The molecule has 0 spiro atoms. The molecule has 1 saturated carbocycles. The monoisotopic (exact) mass is 328 g/mol. The van der Waals surface area contributed by atoms with Crippen molar-refractivity contribution < 1.29 is 14.0 Å². The van der Waals surface area contributed by atoms with Crippen LogP contribution >= 0.6 is 15.9 Å². The Hall–Kier alpha value is -1.43. The van der Waals surface area contributed by atoms with Gasteiger partial charge in [-0.05, 0) is 31.0 Å². The Labute approximate surface area is 118 Å². The molecule has 102 valence electrons. The lowest BCUT2D eigenvalue weighted by atomic mass is 10.2. The fourth-order valence-corrected chi connectivity index (χ4v) is 1.95. The summed E-state index contributed by atoms with van der Waals surface area (Å²) in [6, 6.07) is 4.26. The SMILES string of the molecule is O=C(NCCNC(=O)C1CC1)c1ccc(Br)cc1F. The van der Waals surface area contributed by atoms with Crippen LogP contribution in [-0.4, -0.2) is 24.9 Å². The van der Waals surface area contributed by atoms with E-state index in [0.29, 0.717) is 11.0 Å². The van der Waals surface area contributed by atoms with Gasteiger partial charge in [0.2, 0.25) is 5.91 Å². The summed E-state index contributed by atoms with van der Waals surface area (Å²) >= 11 is 3.13.